The molecule has 9 nitrogen and oxygen atoms in total. The first-order valence-corrected chi connectivity index (χ1v) is 10.9. The van der Waals surface area contributed by atoms with Crippen LogP contribution in [0.25, 0.3) is 22.6 Å². The third-order valence-electron chi connectivity index (χ3n) is 5.21. The van der Waals surface area contributed by atoms with Crippen molar-refractivity contribution in [3.8, 4) is 11.5 Å². The van der Waals surface area contributed by atoms with Gasteiger partial charge in [0, 0.05) is 7.05 Å². The maximum Gasteiger partial charge on any atom is 0.259 e. The third-order valence-corrected chi connectivity index (χ3v) is 6.14. The smallest absolute Gasteiger partial charge is 0.259 e. The van der Waals surface area contributed by atoms with Gasteiger partial charge in [0.05, 0.1) is 33.8 Å². The van der Waals surface area contributed by atoms with E-state index in [1.807, 2.05) is 6.92 Å². The number of pyridine rings is 1. The second-order valence-corrected chi connectivity index (χ2v) is 8.75. The minimum absolute atomic E-state index is 0.0106. The number of furan rings is 1. The highest BCUT2D eigenvalue weighted by atomic mass is 32.2. The number of aromatic nitrogens is 2. The second kappa shape index (κ2) is 7.64. The Morgan fingerprint density at radius 2 is 1.90 bits per heavy atom. The van der Waals surface area contributed by atoms with E-state index in [1.54, 1.807) is 49.2 Å². The van der Waals surface area contributed by atoms with Gasteiger partial charge in [0.25, 0.3) is 11.6 Å². The molecule has 0 aliphatic carbocycles. The molecule has 3 aromatic heterocycles. The molecule has 31 heavy (non-hydrogen) atoms. The van der Waals surface area contributed by atoms with E-state index in [2.05, 4.69) is 10.1 Å². The molecular weight excluding hydrogens is 420 g/mol. The largest absolute Gasteiger partial charge is 0.463 e. The van der Waals surface area contributed by atoms with Crippen LogP contribution in [0.5, 0.6) is 0 Å². The molecule has 3 heterocycles. The number of aryl methyl sites for hydroxylation is 1. The van der Waals surface area contributed by atoms with Crippen LogP contribution in [0.15, 0.2) is 62.6 Å². The summed E-state index contributed by atoms with van der Waals surface area (Å²) in [5.41, 5.74) is 2.38. The summed E-state index contributed by atoms with van der Waals surface area (Å²) >= 11 is 0. The molecule has 0 aliphatic rings. The quantitative estimate of drug-likeness (QED) is 0.503. The zero-order valence-corrected chi connectivity index (χ0v) is 17.9. The first kappa shape index (κ1) is 20.8. The van der Waals surface area contributed by atoms with E-state index in [9.17, 15) is 13.2 Å². The number of carbonyl (C=O) groups excluding carboxylic acids is 1. The van der Waals surface area contributed by atoms with E-state index in [4.69, 9.17) is 14.1 Å². The zero-order chi connectivity index (χ0) is 22.3. The van der Waals surface area contributed by atoms with E-state index in [-0.39, 0.29) is 22.6 Å². The predicted octanol–water partition coefficient (Wildman–Crippen LogP) is 3.27. The minimum atomic E-state index is -3.79. The van der Waals surface area contributed by atoms with E-state index in [1.165, 1.54) is 18.4 Å². The van der Waals surface area contributed by atoms with Crippen molar-refractivity contribution in [1.82, 2.24) is 15.0 Å². The third kappa shape index (κ3) is 3.82. The molecule has 0 aliphatic heterocycles. The number of primary sulfonamides is 1. The van der Waals surface area contributed by atoms with Gasteiger partial charge in [0.2, 0.25) is 10.0 Å². The normalized spacial score (nSPS) is 12.8. The Labute approximate surface area is 178 Å². The number of rotatable bonds is 5. The Morgan fingerprint density at radius 1 is 1.19 bits per heavy atom. The molecule has 1 atom stereocenters. The number of benzene rings is 1. The van der Waals surface area contributed by atoms with Crippen LogP contribution in [0.1, 0.15) is 34.6 Å². The van der Waals surface area contributed by atoms with Gasteiger partial charge >= 0.3 is 0 Å². The SMILES string of the molecule is Cc1noc2nc(-c3ccco3)cc(C(=O)N(C)C(C)c3ccc(S(N)(=O)=O)cc3)c12. The predicted molar refractivity (Wildman–Crippen MR) is 113 cm³/mol. The number of nitrogens with two attached hydrogens (primary N) is 1. The lowest BCUT2D eigenvalue weighted by Gasteiger charge is -2.26. The van der Waals surface area contributed by atoms with E-state index >= 15 is 0 Å². The monoisotopic (exact) mass is 440 g/mol. The molecule has 0 saturated heterocycles. The summed E-state index contributed by atoms with van der Waals surface area (Å²) in [6.07, 6.45) is 1.52. The molecule has 0 radical (unpaired) electrons. The summed E-state index contributed by atoms with van der Waals surface area (Å²) in [4.78, 5) is 19.4. The Morgan fingerprint density at radius 3 is 2.52 bits per heavy atom. The van der Waals surface area contributed by atoms with Crippen molar-refractivity contribution in [1.29, 1.82) is 0 Å². The molecule has 0 fully saturated rings. The summed E-state index contributed by atoms with van der Waals surface area (Å²) in [7, 11) is -2.12. The Hall–Kier alpha value is -3.50. The van der Waals surface area contributed by atoms with E-state index < -0.39 is 10.0 Å². The van der Waals surface area contributed by atoms with E-state index in [0.29, 0.717) is 28.1 Å². The highest BCUT2D eigenvalue weighted by Crippen LogP contribution is 2.30. The molecular formula is C21H20N4O5S. The lowest BCUT2D eigenvalue weighted by atomic mass is 10.0. The number of carbonyl (C=O) groups is 1. The van der Waals surface area contributed by atoms with Gasteiger partial charge in [-0.05, 0) is 49.7 Å². The number of hydrogen-bond donors (Lipinski definition) is 1. The molecule has 1 aromatic carbocycles. The van der Waals surface area contributed by atoms with Crippen molar-refractivity contribution in [2.24, 2.45) is 5.14 Å². The summed E-state index contributed by atoms with van der Waals surface area (Å²) in [6.45, 7) is 3.59. The highest BCUT2D eigenvalue weighted by molar-refractivity contribution is 7.89. The Balaban J connectivity index is 1.72. The second-order valence-electron chi connectivity index (χ2n) is 7.19. The van der Waals surface area contributed by atoms with E-state index in [0.717, 1.165) is 5.56 Å². The summed E-state index contributed by atoms with van der Waals surface area (Å²) in [6, 6.07) is 10.9. The molecule has 10 heteroatoms. The van der Waals surface area contributed by atoms with Gasteiger partial charge in [-0.2, -0.15) is 0 Å². The lowest BCUT2D eigenvalue weighted by Crippen LogP contribution is -2.30. The Kier molecular flexibility index (Phi) is 5.11. The average molecular weight is 440 g/mol. The average Bonchev–Trinajstić information content (AvgIpc) is 3.41. The first-order chi connectivity index (χ1) is 14.7. The molecule has 1 unspecified atom stereocenters. The van der Waals surface area contributed by atoms with Gasteiger partial charge in [-0.15, -0.1) is 0 Å². The maximum absolute atomic E-state index is 13.5. The molecule has 4 aromatic rings. The number of nitrogens with zero attached hydrogens (tertiary/aromatic N) is 3. The molecule has 2 N–H and O–H groups in total. The number of sulfonamides is 1. The maximum atomic E-state index is 13.5. The highest BCUT2D eigenvalue weighted by Gasteiger charge is 2.25. The fourth-order valence-corrected chi connectivity index (χ4v) is 3.85. The van der Waals surface area contributed by atoms with Crippen LogP contribution in [0.4, 0.5) is 0 Å². The van der Waals surface area contributed by atoms with Crippen LogP contribution in [0.3, 0.4) is 0 Å². The minimum Gasteiger partial charge on any atom is -0.463 e. The molecule has 0 bridgehead atoms. The van der Waals surface area contributed by atoms with Crippen LogP contribution in [0.2, 0.25) is 0 Å². The van der Waals surface area contributed by atoms with Crippen LogP contribution < -0.4 is 5.14 Å². The first-order valence-electron chi connectivity index (χ1n) is 9.37. The van der Waals surface area contributed by atoms with Gasteiger partial charge < -0.3 is 13.8 Å². The van der Waals surface area contributed by atoms with Gasteiger partial charge in [-0.1, -0.05) is 17.3 Å². The van der Waals surface area contributed by atoms with Crippen molar-refractivity contribution in [3.05, 3.63) is 65.5 Å². The lowest BCUT2D eigenvalue weighted by molar-refractivity contribution is 0.0744. The number of amides is 1. The van der Waals surface area contributed by atoms with Crippen molar-refractivity contribution in [2.45, 2.75) is 24.8 Å². The topological polar surface area (TPSA) is 133 Å². The van der Waals surface area contributed by atoms with Crippen LogP contribution >= 0.6 is 0 Å². The van der Waals surface area contributed by atoms with Crippen LogP contribution in [-0.2, 0) is 10.0 Å². The molecule has 4 rings (SSSR count). The van der Waals surface area contributed by atoms with Gasteiger partial charge in [0.15, 0.2) is 5.76 Å². The zero-order valence-electron chi connectivity index (χ0n) is 17.1. The summed E-state index contributed by atoms with van der Waals surface area (Å²) in [5.74, 6) is 0.230. The molecule has 0 spiro atoms. The fourth-order valence-electron chi connectivity index (χ4n) is 3.34. The molecule has 160 valence electrons. The molecule has 1 amide bonds. The summed E-state index contributed by atoms with van der Waals surface area (Å²) < 4.78 is 33.7. The van der Waals surface area contributed by atoms with Crippen molar-refractivity contribution in [2.75, 3.05) is 7.05 Å². The number of fused-ring (bicyclic) bond motifs is 1. The Bertz CT molecular complexity index is 1360. The molecule has 0 saturated carbocycles. The summed E-state index contributed by atoms with van der Waals surface area (Å²) in [5, 5.41) is 9.64. The van der Waals surface area contributed by atoms with Crippen molar-refractivity contribution >= 4 is 27.0 Å². The van der Waals surface area contributed by atoms with Crippen molar-refractivity contribution < 1.29 is 22.2 Å². The van der Waals surface area contributed by atoms with Gasteiger partial charge in [0.1, 0.15) is 5.69 Å². The number of hydrogen-bond acceptors (Lipinski definition) is 7. The standard InChI is InChI=1S/C21H20N4O5S/c1-12-19-16(11-17(18-5-4-10-29-18)23-20(19)30-24-12)21(26)25(3)13(2)14-6-8-15(9-7-14)31(22,27)28/h4-11,13H,1-3H3,(H2,22,27,28). The van der Waals surface area contributed by atoms with Gasteiger partial charge in [-0.3, -0.25) is 4.79 Å². The van der Waals surface area contributed by atoms with Gasteiger partial charge in [-0.25, -0.2) is 18.5 Å². The van der Waals surface area contributed by atoms with Crippen LogP contribution in [-0.4, -0.2) is 36.4 Å². The fraction of sp³-hybridized carbons (Fsp3) is 0.190. The van der Waals surface area contributed by atoms with Crippen molar-refractivity contribution in [3.63, 3.8) is 0 Å². The van der Waals surface area contributed by atoms with Crippen LogP contribution in [0, 0.1) is 6.92 Å².